The molecular formula is C60H39BN6S. The number of hydrogen-bond donors (Lipinski definition) is 2. The van der Waals surface area contributed by atoms with Crippen LogP contribution < -0.4 is 27.0 Å². The van der Waals surface area contributed by atoms with Crippen molar-refractivity contribution in [3.8, 4) is 34.6 Å². The van der Waals surface area contributed by atoms with Crippen LogP contribution in [0.25, 0.3) is 86.3 Å². The van der Waals surface area contributed by atoms with Crippen LogP contribution in [0.2, 0.25) is 0 Å². The first-order valence-corrected chi connectivity index (χ1v) is 23.9. The summed E-state index contributed by atoms with van der Waals surface area (Å²) in [6.45, 7) is 6.78. The number of rotatable bonds is 3. The molecule has 0 fully saturated rings. The van der Waals surface area contributed by atoms with Gasteiger partial charge < -0.3 is 19.8 Å². The van der Waals surface area contributed by atoms with Gasteiger partial charge in [0.15, 0.2) is 0 Å². The standard InChI is InChI=1S/C60H39BN6S/c1-60(2,3)44-16-8-4-12-38(44)36-28-47-57-48(29-36)65-49-31-54(67-51-18-10-6-14-40(51)43-27-35(33-63)21-25-53(43)67)56-41-15-7-11-19-55(41)68-59(56)58(49)61(57)45-23-22-37(30-46(45)64-47)66-50-17-9-5-13-39(50)42-26-34(32-62)20-24-52(42)66/h4-31,64-65H,1-3H3. The average molecular weight is 887 g/mol. The number of hydrogen-bond acceptors (Lipinski definition) is 5. The fourth-order valence-corrected chi connectivity index (χ4v) is 12.9. The number of anilines is 4. The Morgan fingerprint density at radius 2 is 1.09 bits per heavy atom. The minimum Gasteiger partial charge on any atom is -0.356 e. The molecule has 0 aliphatic carbocycles. The molecule has 0 radical (unpaired) electrons. The molecule has 0 saturated carbocycles. The largest absolute Gasteiger partial charge is 0.356 e. The van der Waals surface area contributed by atoms with Crippen LogP contribution in [0.3, 0.4) is 0 Å². The van der Waals surface area contributed by atoms with E-state index in [1.807, 2.05) is 35.6 Å². The molecule has 2 N–H and O–H groups in total. The fraction of sp³-hybridized carbons (Fsp3) is 0.0667. The van der Waals surface area contributed by atoms with Gasteiger partial charge in [0.2, 0.25) is 0 Å². The molecule has 12 aromatic rings. The summed E-state index contributed by atoms with van der Waals surface area (Å²) in [5.74, 6) is 0. The fourth-order valence-electron chi connectivity index (χ4n) is 11.6. The quantitative estimate of drug-likeness (QED) is 0.173. The highest BCUT2D eigenvalue weighted by atomic mass is 32.1. The smallest absolute Gasteiger partial charge is 0.253 e. The van der Waals surface area contributed by atoms with Crippen molar-refractivity contribution in [2.75, 3.05) is 10.6 Å². The van der Waals surface area contributed by atoms with Gasteiger partial charge in [-0.25, -0.2) is 0 Å². The number of nitriles is 2. The second-order valence-corrected chi connectivity index (χ2v) is 20.3. The lowest BCUT2D eigenvalue weighted by molar-refractivity contribution is 0.592. The molecule has 0 atom stereocenters. The van der Waals surface area contributed by atoms with E-state index in [9.17, 15) is 10.5 Å². The molecule has 0 bridgehead atoms. The van der Waals surface area contributed by atoms with Crippen molar-refractivity contribution in [1.82, 2.24) is 9.13 Å². The summed E-state index contributed by atoms with van der Waals surface area (Å²) < 4.78 is 7.24. The third-order valence-electron chi connectivity index (χ3n) is 14.5. The lowest BCUT2D eigenvalue weighted by Crippen LogP contribution is -2.59. The van der Waals surface area contributed by atoms with E-state index in [1.165, 1.54) is 47.7 Å². The predicted molar refractivity (Wildman–Crippen MR) is 286 cm³/mol. The van der Waals surface area contributed by atoms with Crippen molar-refractivity contribution >= 4 is 121 Å². The highest BCUT2D eigenvalue weighted by Gasteiger charge is 2.41. The molecule has 318 valence electrons. The Kier molecular flexibility index (Phi) is 7.96. The summed E-state index contributed by atoms with van der Waals surface area (Å²) >= 11 is 1.87. The normalized spacial score (nSPS) is 12.8. The minimum absolute atomic E-state index is 0.0739. The summed E-state index contributed by atoms with van der Waals surface area (Å²) in [5.41, 5.74) is 19.4. The van der Waals surface area contributed by atoms with Crippen LogP contribution in [-0.4, -0.2) is 15.8 Å². The van der Waals surface area contributed by atoms with Crippen LogP contribution in [0, 0.1) is 22.7 Å². The van der Waals surface area contributed by atoms with E-state index in [0.29, 0.717) is 11.1 Å². The number of aromatic nitrogens is 2. The number of nitrogens with one attached hydrogen (secondary N) is 2. The minimum atomic E-state index is -0.0919. The highest BCUT2D eigenvalue weighted by molar-refractivity contribution is 7.28. The van der Waals surface area contributed by atoms with E-state index in [2.05, 4.69) is 198 Å². The van der Waals surface area contributed by atoms with E-state index in [4.69, 9.17) is 0 Å². The van der Waals surface area contributed by atoms with E-state index in [0.717, 1.165) is 83.3 Å². The number of para-hydroxylation sites is 2. The maximum atomic E-state index is 10.0. The van der Waals surface area contributed by atoms with E-state index >= 15 is 0 Å². The highest BCUT2D eigenvalue weighted by Crippen LogP contribution is 2.46. The molecular weight excluding hydrogens is 848 g/mol. The topological polar surface area (TPSA) is 81.5 Å². The van der Waals surface area contributed by atoms with Gasteiger partial charge in [0.25, 0.3) is 6.71 Å². The molecule has 14 rings (SSSR count). The van der Waals surface area contributed by atoms with E-state index < -0.39 is 0 Å². The summed E-state index contributed by atoms with van der Waals surface area (Å²) in [4.78, 5) is 0. The first-order valence-electron chi connectivity index (χ1n) is 23.1. The van der Waals surface area contributed by atoms with Crippen molar-refractivity contribution in [1.29, 1.82) is 10.5 Å². The van der Waals surface area contributed by atoms with Crippen molar-refractivity contribution in [2.45, 2.75) is 26.2 Å². The van der Waals surface area contributed by atoms with Gasteiger partial charge in [-0.05, 0) is 123 Å². The van der Waals surface area contributed by atoms with Crippen molar-refractivity contribution in [3.63, 3.8) is 0 Å². The average Bonchev–Trinajstić information content (AvgIpc) is 4.03. The van der Waals surface area contributed by atoms with Gasteiger partial charge in [0.1, 0.15) is 0 Å². The second kappa shape index (κ2) is 14.0. The van der Waals surface area contributed by atoms with Gasteiger partial charge in [-0.15, -0.1) is 11.3 Å². The van der Waals surface area contributed by atoms with Crippen molar-refractivity contribution < 1.29 is 0 Å². The van der Waals surface area contributed by atoms with Gasteiger partial charge in [0.05, 0.1) is 51.0 Å². The third kappa shape index (κ3) is 5.38. The predicted octanol–water partition coefficient (Wildman–Crippen LogP) is 13.6. The Balaban J connectivity index is 1.07. The molecule has 9 aromatic carbocycles. The monoisotopic (exact) mass is 886 g/mol. The Morgan fingerprint density at radius 3 is 1.78 bits per heavy atom. The Bertz CT molecular complexity index is 4280. The Morgan fingerprint density at radius 1 is 0.515 bits per heavy atom. The van der Waals surface area contributed by atoms with Gasteiger partial charge in [0, 0.05) is 70.2 Å². The first-order chi connectivity index (χ1) is 33.2. The van der Waals surface area contributed by atoms with Crippen molar-refractivity contribution in [3.05, 3.63) is 187 Å². The van der Waals surface area contributed by atoms with Gasteiger partial charge in [-0.1, -0.05) is 106 Å². The lowest BCUT2D eigenvalue weighted by atomic mass is 9.33. The maximum Gasteiger partial charge on any atom is 0.253 e. The molecule has 2 aliphatic heterocycles. The molecule has 6 nitrogen and oxygen atoms in total. The SMILES string of the molecule is CC(C)(C)c1ccccc1-c1cc2c3c(c1)Nc1cc(-n4c5ccccc5c5cc(C#N)ccc54)c4c(sc5ccccc54)c1B3c1ccc(-n3c4ccccc4c4cc(C#N)ccc43)cc1N2. The zero-order valence-corrected chi connectivity index (χ0v) is 38.3. The maximum absolute atomic E-state index is 10.0. The van der Waals surface area contributed by atoms with Crippen LogP contribution >= 0.6 is 11.3 Å². The molecule has 2 aliphatic rings. The van der Waals surface area contributed by atoms with Crippen LogP contribution in [-0.2, 0) is 5.41 Å². The molecule has 0 unspecified atom stereocenters. The number of fused-ring (bicyclic) bond motifs is 14. The zero-order valence-electron chi connectivity index (χ0n) is 37.4. The molecule has 0 amide bonds. The molecule has 68 heavy (non-hydrogen) atoms. The van der Waals surface area contributed by atoms with Crippen LogP contribution in [0.4, 0.5) is 22.7 Å². The second-order valence-electron chi connectivity index (χ2n) is 19.3. The lowest BCUT2D eigenvalue weighted by Gasteiger charge is -2.36. The van der Waals surface area contributed by atoms with Gasteiger partial charge >= 0.3 is 0 Å². The summed E-state index contributed by atoms with van der Waals surface area (Å²) in [7, 11) is 0. The van der Waals surface area contributed by atoms with E-state index in [-0.39, 0.29) is 12.1 Å². The molecule has 0 spiro atoms. The van der Waals surface area contributed by atoms with Gasteiger partial charge in [-0.3, -0.25) is 0 Å². The van der Waals surface area contributed by atoms with Crippen molar-refractivity contribution in [2.24, 2.45) is 0 Å². The molecule has 3 aromatic heterocycles. The Labute approximate surface area is 396 Å². The Hall–Kier alpha value is -8.56. The summed E-state index contributed by atoms with van der Waals surface area (Å²) in [6.07, 6.45) is 0. The molecule has 8 heteroatoms. The van der Waals surface area contributed by atoms with Crippen LogP contribution in [0.15, 0.2) is 170 Å². The zero-order chi connectivity index (χ0) is 45.6. The third-order valence-corrected chi connectivity index (χ3v) is 15.7. The number of thiophene rings is 1. The summed E-state index contributed by atoms with van der Waals surface area (Å²) in [6, 6.07) is 65.6. The van der Waals surface area contributed by atoms with Gasteiger partial charge in [-0.2, -0.15) is 10.5 Å². The first kappa shape index (κ1) is 38.7. The van der Waals surface area contributed by atoms with Crippen LogP contribution in [0.5, 0.6) is 0 Å². The number of benzene rings is 9. The summed E-state index contributed by atoms with van der Waals surface area (Å²) in [5, 5.41) is 34.8. The van der Waals surface area contributed by atoms with E-state index in [1.54, 1.807) is 0 Å². The molecule has 0 saturated heterocycles. The number of nitrogens with zero attached hydrogens (tertiary/aromatic N) is 4. The van der Waals surface area contributed by atoms with Crippen LogP contribution in [0.1, 0.15) is 37.5 Å². The molecule has 5 heterocycles.